The molecule has 0 unspecified atom stereocenters. The monoisotopic (exact) mass is 249 g/mol. The van der Waals surface area contributed by atoms with Gasteiger partial charge in [-0.2, -0.15) is 0 Å². The highest BCUT2D eigenvalue weighted by molar-refractivity contribution is 5.86. The fourth-order valence-corrected chi connectivity index (χ4v) is 3.11. The molecule has 2 fully saturated rings. The molecule has 1 heterocycles. The molecule has 0 bridgehead atoms. The van der Waals surface area contributed by atoms with Crippen LogP contribution in [0.2, 0.25) is 0 Å². The smallest absolute Gasteiger partial charge is 0.358 e. The van der Waals surface area contributed by atoms with Crippen LogP contribution >= 0.6 is 0 Å². The summed E-state index contributed by atoms with van der Waals surface area (Å²) in [4.78, 5) is 11.2. The highest BCUT2D eigenvalue weighted by Gasteiger charge is 2.32. The van der Waals surface area contributed by atoms with E-state index in [-0.39, 0.29) is 5.69 Å². The number of rotatable bonds is 3. The molecule has 18 heavy (non-hydrogen) atoms. The molecule has 3 rings (SSSR count). The number of nitrogens with zero attached hydrogens (tertiary/aromatic N) is 3. The van der Waals surface area contributed by atoms with Crippen molar-refractivity contribution < 1.29 is 9.90 Å². The van der Waals surface area contributed by atoms with Gasteiger partial charge in [-0.25, -0.2) is 9.48 Å². The fourth-order valence-electron chi connectivity index (χ4n) is 3.11. The number of aromatic carboxylic acids is 1. The number of hydrogen-bond donors (Lipinski definition) is 1. The average molecular weight is 249 g/mol. The van der Waals surface area contributed by atoms with Gasteiger partial charge in [-0.15, -0.1) is 5.10 Å². The average Bonchev–Trinajstić information content (AvgIpc) is 2.72. The zero-order chi connectivity index (χ0) is 12.5. The van der Waals surface area contributed by atoms with Crippen molar-refractivity contribution in [3.8, 4) is 0 Å². The zero-order valence-electron chi connectivity index (χ0n) is 10.5. The van der Waals surface area contributed by atoms with Crippen LogP contribution in [0.1, 0.15) is 79.5 Å². The number of carbonyl (C=O) groups is 1. The van der Waals surface area contributed by atoms with E-state index in [9.17, 15) is 9.90 Å². The molecule has 1 N–H and O–H groups in total. The van der Waals surface area contributed by atoms with E-state index in [1.54, 1.807) is 0 Å². The lowest BCUT2D eigenvalue weighted by atomic mass is 9.81. The van der Waals surface area contributed by atoms with Crippen LogP contribution in [0.3, 0.4) is 0 Å². The number of aromatic nitrogens is 3. The molecule has 0 radical (unpaired) electrons. The van der Waals surface area contributed by atoms with Crippen molar-refractivity contribution in [1.29, 1.82) is 0 Å². The van der Waals surface area contributed by atoms with E-state index in [2.05, 4.69) is 10.3 Å². The van der Waals surface area contributed by atoms with E-state index in [0.717, 1.165) is 31.4 Å². The summed E-state index contributed by atoms with van der Waals surface area (Å²) in [6, 6.07) is 0.370. The van der Waals surface area contributed by atoms with E-state index in [1.165, 1.54) is 25.7 Å². The maximum absolute atomic E-state index is 11.2. The lowest BCUT2D eigenvalue weighted by molar-refractivity contribution is 0.0687. The Morgan fingerprint density at radius 1 is 1.11 bits per heavy atom. The van der Waals surface area contributed by atoms with Crippen LogP contribution < -0.4 is 0 Å². The first-order valence-corrected chi connectivity index (χ1v) is 6.95. The van der Waals surface area contributed by atoms with Gasteiger partial charge in [-0.1, -0.05) is 30.9 Å². The van der Waals surface area contributed by atoms with Crippen molar-refractivity contribution in [2.24, 2.45) is 0 Å². The van der Waals surface area contributed by atoms with Crippen LogP contribution in [0.25, 0.3) is 0 Å². The van der Waals surface area contributed by atoms with Crippen molar-refractivity contribution in [3.63, 3.8) is 0 Å². The van der Waals surface area contributed by atoms with E-state index >= 15 is 0 Å². The first-order chi connectivity index (χ1) is 8.77. The van der Waals surface area contributed by atoms with E-state index < -0.39 is 5.97 Å². The van der Waals surface area contributed by atoms with E-state index in [1.807, 2.05) is 4.68 Å². The predicted octanol–water partition coefficient (Wildman–Crippen LogP) is 2.75. The van der Waals surface area contributed by atoms with Gasteiger partial charge in [-0.3, -0.25) is 0 Å². The second kappa shape index (κ2) is 4.71. The highest BCUT2D eigenvalue weighted by Crippen LogP contribution is 2.40. The van der Waals surface area contributed by atoms with Gasteiger partial charge in [0.2, 0.25) is 0 Å². The second-order valence-electron chi connectivity index (χ2n) is 5.49. The quantitative estimate of drug-likeness (QED) is 0.894. The first kappa shape index (κ1) is 11.7. The maximum atomic E-state index is 11.2. The molecule has 5 heteroatoms. The lowest BCUT2D eigenvalue weighted by Crippen LogP contribution is -2.22. The van der Waals surface area contributed by atoms with E-state index in [0.29, 0.717) is 12.0 Å². The Bertz CT molecular complexity index is 445. The third-order valence-corrected chi connectivity index (χ3v) is 4.35. The normalized spacial score (nSPS) is 21.8. The summed E-state index contributed by atoms with van der Waals surface area (Å²) in [5.74, 6) is -0.563. The van der Waals surface area contributed by atoms with Gasteiger partial charge < -0.3 is 5.11 Å². The topological polar surface area (TPSA) is 68.0 Å². The fraction of sp³-hybridized carbons (Fsp3) is 0.769. The van der Waals surface area contributed by atoms with Crippen molar-refractivity contribution >= 4 is 5.97 Å². The Hall–Kier alpha value is -1.39. The molecule has 2 saturated carbocycles. The minimum atomic E-state index is -0.932. The van der Waals surface area contributed by atoms with Gasteiger partial charge in [0.15, 0.2) is 5.69 Å². The first-order valence-electron chi connectivity index (χ1n) is 6.95. The number of carboxylic acid groups (broad SMARTS) is 1. The number of hydrogen-bond acceptors (Lipinski definition) is 3. The third-order valence-electron chi connectivity index (χ3n) is 4.35. The molecular weight excluding hydrogens is 230 g/mol. The van der Waals surface area contributed by atoms with Gasteiger partial charge in [0.25, 0.3) is 0 Å². The third kappa shape index (κ3) is 1.91. The van der Waals surface area contributed by atoms with Crippen LogP contribution in [0, 0.1) is 0 Å². The Morgan fingerprint density at radius 3 is 2.39 bits per heavy atom. The summed E-state index contributed by atoms with van der Waals surface area (Å²) in [6.45, 7) is 0. The van der Waals surface area contributed by atoms with Gasteiger partial charge in [0, 0.05) is 5.92 Å². The molecule has 0 aliphatic heterocycles. The van der Waals surface area contributed by atoms with Crippen LogP contribution in [0.15, 0.2) is 0 Å². The maximum Gasteiger partial charge on any atom is 0.358 e. The van der Waals surface area contributed by atoms with Gasteiger partial charge in [0.05, 0.1) is 11.7 Å². The molecule has 2 aliphatic carbocycles. The van der Waals surface area contributed by atoms with Crippen LogP contribution in [-0.4, -0.2) is 26.1 Å². The molecule has 5 nitrogen and oxygen atoms in total. The molecule has 0 atom stereocenters. The van der Waals surface area contributed by atoms with Gasteiger partial charge >= 0.3 is 5.97 Å². The minimum absolute atomic E-state index is 0.185. The molecule has 0 spiro atoms. The van der Waals surface area contributed by atoms with Gasteiger partial charge in [-0.05, 0) is 25.7 Å². The standard InChI is InChI=1S/C13H19N3O2/c17-13(18)11-12(9-5-4-6-9)16(15-14-11)10-7-2-1-3-8-10/h9-10H,1-8H2,(H,17,18). The summed E-state index contributed by atoms with van der Waals surface area (Å²) in [6.07, 6.45) is 9.31. The van der Waals surface area contributed by atoms with Crippen LogP contribution in [-0.2, 0) is 0 Å². The Morgan fingerprint density at radius 2 is 1.83 bits per heavy atom. The van der Waals surface area contributed by atoms with Gasteiger partial charge in [0.1, 0.15) is 0 Å². The molecule has 1 aromatic rings. The largest absolute Gasteiger partial charge is 0.476 e. The lowest BCUT2D eigenvalue weighted by Gasteiger charge is -2.30. The van der Waals surface area contributed by atoms with Crippen LogP contribution in [0.4, 0.5) is 0 Å². The van der Waals surface area contributed by atoms with Crippen LogP contribution in [0.5, 0.6) is 0 Å². The molecule has 0 aromatic carbocycles. The summed E-state index contributed by atoms with van der Waals surface area (Å²) in [5, 5.41) is 17.3. The zero-order valence-corrected chi connectivity index (χ0v) is 10.5. The minimum Gasteiger partial charge on any atom is -0.476 e. The van der Waals surface area contributed by atoms with Crippen molar-refractivity contribution in [2.45, 2.75) is 63.3 Å². The van der Waals surface area contributed by atoms with Crippen molar-refractivity contribution in [2.75, 3.05) is 0 Å². The van der Waals surface area contributed by atoms with Crippen molar-refractivity contribution in [3.05, 3.63) is 11.4 Å². The SMILES string of the molecule is O=C(O)c1nnn(C2CCCCC2)c1C1CCC1. The Balaban J connectivity index is 1.94. The molecular formula is C13H19N3O2. The molecule has 1 aromatic heterocycles. The summed E-state index contributed by atoms with van der Waals surface area (Å²) in [5.41, 5.74) is 1.07. The Labute approximate surface area is 106 Å². The second-order valence-corrected chi connectivity index (χ2v) is 5.49. The Kier molecular flexibility index (Phi) is 3.06. The summed E-state index contributed by atoms with van der Waals surface area (Å²) in [7, 11) is 0. The highest BCUT2D eigenvalue weighted by atomic mass is 16.4. The molecule has 2 aliphatic rings. The van der Waals surface area contributed by atoms with Crippen molar-refractivity contribution in [1.82, 2.24) is 15.0 Å². The summed E-state index contributed by atoms with van der Waals surface area (Å²) < 4.78 is 1.94. The predicted molar refractivity (Wildman–Crippen MR) is 65.7 cm³/mol. The molecule has 98 valence electrons. The number of carboxylic acids is 1. The summed E-state index contributed by atoms with van der Waals surface area (Å²) >= 11 is 0. The molecule has 0 saturated heterocycles. The van der Waals surface area contributed by atoms with E-state index in [4.69, 9.17) is 0 Å². The molecule has 0 amide bonds.